The molecule has 0 aliphatic heterocycles. The van der Waals surface area contributed by atoms with Crippen LogP contribution in [0.25, 0.3) is 0 Å². The van der Waals surface area contributed by atoms with Gasteiger partial charge in [-0.15, -0.1) is 0 Å². The van der Waals surface area contributed by atoms with Gasteiger partial charge in [0.15, 0.2) is 6.61 Å². The summed E-state index contributed by atoms with van der Waals surface area (Å²) in [6.07, 6.45) is 4.46. The normalized spacial score (nSPS) is 12.1. The first-order chi connectivity index (χ1) is 12.2. The van der Waals surface area contributed by atoms with Gasteiger partial charge in [0, 0.05) is 6.04 Å². The molecular weight excluding hydrogens is 312 g/mol. The van der Waals surface area contributed by atoms with Crippen LogP contribution in [0.15, 0.2) is 59.8 Å². The second kappa shape index (κ2) is 10.3. The number of nitrogens with zero attached hydrogens (tertiary/aromatic N) is 1. The van der Waals surface area contributed by atoms with E-state index in [9.17, 15) is 4.79 Å². The first-order valence-corrected chi connectivity index (χ1v) is 8.75. The average Bonchev–Trinajstić information content (AvgIpc) is 2.65. The lowest BCUT2D eigenvalue weighted by Gasteiger charge is -2.13. The lowest BCUT2D eigenvalue weighted by molar-refractivity contribution is -0.126. The zero-order chi connectivity index (χ0) is 17.9. The highest BCUT2D eigenvalue weighted by Crippen LogP contribution is 2.05. The second-order valence-corrected chi connectivity index (χ2v) is 6.10. The van der Waals surface area contributed by atoms with Crippen LogP contribution < -0.4 is 5.32 Å². The van der Waals surface area contributed by atoms with Gasteiger partial charge in [0.05, 0.1) is 6.21 Å². The van der Waals surface area contributed by atoms with Crippen molar-refractivity contribution in [3.8, 4) is 0 Å². The van der Waals surface area contributed by atoms with Crippen LogP contribution >= 0.6 is 0 Å². The van der Waals surface area contributed by atoms with Crippen LogP contribution in [0.2, 0.25) is 0 Å². The maximum Gasteiger partial charge on any atom is 0.260 e. The molecule has 0 heterocycles. The van der Waals surface area contributed by atoms with Gasteiger partial charge in [0.25, 0.3) is 5.91 Å². The van der Waals surface area contributed by atoms with Crippen LogP contribution in [-0.2, 0) is 22.5 Å². The third-order valence-corrected chi connectivity index (χ3v) is 3.98. The molecule has 2 rings (SSSR count). The summed E-state index contributed by atoms with van der Waals surface area (Å²) < 4.78 is 0. The molecule has 0 aliphatic rings. The van der Waals surface area contributed by atoms with E-state index >= 15 is 0 Å². The molecule has 0 spiro atoms. The molecule has 132 valence electrons. The summed E-state index contributed by atoms with van der Waals surface area (Å²) in [7, 11) is 0. The Bertz CT molecular complexity index is 666. The lowest BCUT2D eigenvalue weighted by atomic mass is 10.1. The number of amides is 1. The number of carbonyl (C=O) groups excluding carboxylic acids is 1. The molecule has 25 heavy (non-hydrogen) atoms. The van der Waals surface area contributed by atoms with E-state index in [1.165, 1.54) is 11.1 Å². The van der Waals surface area contributed by atoms with Crippen molar-refractivity contribution in [2.75, 3.05) is 6.61 Å². The number of aryl methyl sites for hydroxylation is 2. The topological polar surface area (TPSA) is 50.7 Å². The summed E-state index contributed by atoms with van der Waals surface area (Å²) in [5.41, 5.74) is 3.51. The summed E-state index contributed by atoms with van der Waals surface area (Å²) in [6, 6.07) is 18.4. The van der Waals surface area contributed by atoms with Crippen LogP contribution in [-0.4, -0.2) is 24.8 Å². The van der Waals surface area contributed by atoms with E-state index in [0.29, 0.717) is 0 Å². The van der Waals surface area contributed by atoms with Crippen molar-refractivity contribution in [3.05, 3.63) is 71.3 Å². The molecule has 0 radical (unpaired) electrons. The van der Waals surface area contributed by atoms with E-state index in [4.69, 9.17) is 4.84 Å². The zero-order valence-corrected chi connectivity index (χ0v) is 14.9. The molecular formula is C21H26N2O2. The van der Waals surface area contributed by atoms with Crippen LogP contribution in [0.5, 0.6) is 0 Å². The largest absolute Gasteiger partial charge is 0.386 e. The first kappa shape index (κ1) is 18.7. The fourth-order valence-corrected chi connectivity index (χ4v) is 2.45. The van der Waals surface area contributed by atoms with Gasteiger partial charge in [0.2, 0.25) is 0 Å². The highest BCUT2D eigenvalue weighted by Gasteiger charge is 2.07. The van der Waals surface area contributed by atoms with Crippen molar-refractivity contribution in [1.82, 2.24) is 5.32 Å². The maximum atomic E-state index is 11.8. The average molecular weight is 338 g/mol. The molecule has 1 atom stereocenters. The SMILES string of the molecule is CCc1ccc(/C=N\OCC(=O)N[C@H](C)CCc2ccccc2)cc1. The minimum atomic E-state index is -0.154. The van der Waals surface area contributed by atoms with Gasteiger partial charge >= 0.3 is 0 Å². The fraction of sp³-hybridized carbons (Fsp3) is 0.333. The molecule has 1 N–H and O–H groups in total. The van der Waals surface area contributed by atoms with Crippen molar-refractivity contribution >= 4 is 12.1 Å². The van der Waals surface area contributed by atoms with Gasteiger partial charge in [-0.1, -0.05) is 66.7 Å². The first-order valence-electron chi connectivity index (χ1n) is 8.75. The number of nitrogens with one attached hydrogen (secondary N) is 1. The maximum absolute atomic E-state index is 11.8. The zero-order valence-electron chi connectivity index (χ0n) is 14.9. The predicted octanol–water partition coefficient (Wildman–Crippen LogP) is 3.74. The molecule has 4 nitrogen and oxygen atoms in total. The molecule has 0 aliphatic carbocycles. The Kier molecular flexibility index (Phi) is 7.70. The molecule has 0 fully saturated rings. The van der Waals surface area contributed by atoms with Crippen LogP contribution in [0.4, 0.5) is 0 Å². The molecule has 0 aromatic heterocycles. The molecule has 0 unspecified atom stereocenters. The number of hydrogen-bond acceptors (Lipinski definition) is 3. The number of oxime groups is 1. The standard InChI is InChI=1S/C21H26N2O2/c1-3-18-11-13-20(14-12-18)15-22-25-16-21(24)23-17(2)9-10-19-7-5-4-6-8-19/h4-8,11-15,17H,3,9-10,16H2,1-2H3,(H,23,24)/b22-15-/t17-/m1/s1. The minimum absolute atomic E-state index is 0.0702. The van der Waals surface area contributed by atoms with E-state index in [2.05, 4.69) is 41.7 Å². The smallest absolute Gasteiger partial charge is 0.260 e. The number of hydrogen-bond donors (Lipinski definition) is 1. The molecule has 0 saturated carbocycles. The molecule has 2 aromatic rings. The predicted molar refractivity (Wildman–Crippen MR) is 102 cm³/mol. The van der Waals surface area contributed by atoms with Gasteiger partial charge in [-0.3, -0.25) is 4.79 Å². The van der Waals surface area contributed by atoms with Crippen LogP contribution in [0.3, 0.4) is 0 Å². The number of rotatable bonds is 9. The van der Waals surface area contributed by atoms with Crippen molar-refractivity contribution in [2.45, 2.75) is 39.2 Å². The number of carbonyl (C=O) groups is 1. The van der Waals surface area contributed by atoms with Crippen LogP contribution in [0.1, 0.15) is 37.0 Å². The Hall–Kier alpha value is -2.62. The van der Waals surface area contributed by atoms with E-state index in [-0.39, 0.29) is 18.6 Å². The minimum Gasteiger partial charge on any atom is -0.386 e. The Labute approximate surface area is 149 Å². The monoisotopic (exact) mass is 338 g/mol. The highest BCUT2D eigenvalue weighted by molar-refractivity contribution is 5.80. The Morgan fingerprint density at radius 2 is 1.84 bits per heavy atom. The fourth-order valence-electron chi connectivity index (χ4n) is 2.45. The second-order valence-electron chi connectivity index (χ2n) is 6.10. The summed E-state index contributed by atoms with van der Waals surface area (Å²) in [5, 5.41) is 6.78. The lowest BCUT2D eigenvalue weighted by Crippen LogP contribution is -2.35. The van der Waals surface area contributed by atoms with Gasteiger partial charge < -0.3 is 10.2 Å². The van der Waals surface area contributed by atoms with Gasteiger partial charge in [-0.25, -0.2) is 0 Å². The summed E-state index contributed by atoms with van der Waals surface area (Å²) >= 11 is 0. The van der Waals surface area contributed by atoms with Gasteiger partial charge in [-0.2, -0.15) is 0 Å². The molecule has 1 amide bonds. The van der Waals surface area contributed by atoms with Crippen LogP contribution in [0, 0.1) is 0 Å². The van der Waals surface area contributed by atoms with Crippen molar-refractivity contribution < 1.29 is 9.63 Å². The highest BCUT2D eigenvalue weighted by atomic mass is 16.6. The Morgan fingerprint density at radius 1 is 1.12 bits per heavy atom. The third-order valence-electron chi connectivity index (χ3n) is 3.98. The summed E-state index contributed by atoms with van der Waals surface area (Å²) in [5.74, 6) is -0.154. The van der Waals surface area contributed by atoms with Crippen molar-refractivity contribution in [1.29, 1.82) is 0 Å². The molecule has 0 bridgehead atoms. The van der Waals surface area contributed by atoms with E-state index in [1.807, 2.05) is 37.3 Å². The van der Waals surface area contributed by atoms with Crippen molar-refractivity contribution in [2.24, 2.45) is 5.16 Å². The van der Waals surface area contributed by atoms with Crippen molar-refractivity contribution in [3.63, 3.8) is 0 Å². The summed E-state index contributed by atoms with van der Waals surface area (Å²) in [4.78, 5) is 16.9. The summed E-state index contributed by atoms with van der Waals surface area (Å²) in [6.45, 7) is 4.05. The van der Waals surface area contributed by atoms with E-state index in [0.717, 1.165) is 24.8 Å². The molecule has 2 aromatic carbocycles. The number of benzene rings is 2. The van der Waals surface area contributed by atoms with E-state index in [1.54, 1.807) is 6.21 Å². The van der Waals surface area contributed by atoms with Gasteiger partial charge in [-0.05, 0) is 42.9 Å². The Balaban J connectivity index is 1.64. The Morgan fingerprint density at radius 3 is 2.52 bits per heavy atom. The van der Waals surface area contributed by atoms with Gasteiger partial charge in [0.1, 0.15) is 0 Å². The molecule has 4 heteroatoms. The third kappa shape index (κ3) is 7.21. The van der Waals surface area contributed by atoms with E-state index < -0.39 is 0 Å². The quantitative estimate of drug-likeness (QED) is 0.559. The molecule has 0 saturated heterocycles.